The number of benzene rings is 1. The minimum atomic E-state index is -0.806. The standard InChI is InChI=1S/C21H31NO6/c1-20(2,3)27-18(24)22(19(25)28-21(4,5)6)14-10-13-17(23)26-15-16-11-8-7-9-12-16/h7-9,11-12H,10,13-15H2,1-6H3. The molecule has 1 rings (SSSR count). The van der Waals surface area contributed by atoms with Crippen LogP contribution >= 0.6 is 0 Å². The normalized spacial score (nSPS) is 11.5. The van der Waals surface area contributed by atoms with Gasteiger partial charge in [-0.3, -0.25) is 4.79 Å². The zero-order valence-corrected chi connectivity index (χ0v) is 17.6. The maximum absolute atomic E-state index is 12.4. The van der Waals surface area contributed by atoms with Crippen molar-refractivity contribution in [2.24, 2.45) is 0 Å². The second kappa shape index (κ2) is 10.1. The highest BCUT2D eigenvalue weighted by molar-refractivity contribution is 5.88. The average molecular weight is 393 g/mol. The number of amides is 2. The summed E-state index contributed by atoms with van der Waals surface area (Å²) in [6.07, 6.45) is -1.31. The Labute approximate surface area is 166 Å². The van der Waals surface area contributed by atoms with Crippen LogP contribution in [0.4, 0.5) is 9.59 Å². The lowest BCUT2D eigenvalue weighted by Gasteiger charge is -2.28. The number of carbonyl (C=O) groups excluding carboxylic acids is 3. The van der Waals surface area contributed by atoms with Gasteiger partial charge in [-0.1, -0.05) is 30.3 Å². The van der Waals surface area contributed by atoms with Crippen LogP contribution in [0.5, 0.6) is 0 Å². The van der Waals surface area contributed by atoms with E-state index in [2.05, 4.69) is 0 Å². The predicted octanol–water partition coefficient (Wildman–Crippen LogP) is 4.68. The van der Waals surface area contributed by atoms with Gasteiger partial charge >= 0.3 is 18.2 Å². The molecule has 0 aliphatic carbocycles. The largest absolute Gasteiger partial charge is 0.461 e. The van der Waals surface area contributed by atoms with E-state index in [9.17, 15) is 14.4 Å². The molecule has 0 saturated heterocycles. The SMILES string of the molecule is CC(C)(C)OC(=O)N(CCCC(=O)OCc1ccccc1)C(=O)OC(C)(C)C. The van der Waals surface area contributed by atoms with E-state index < -0.39 is 29.4 Å². The fraction of sp³-hybridized carbons (Fsp3) is 0.571. The van der Waals surface area contributed by atoms with E-state index in [1.807, 2.05) is 30.3 Å². The predicted molar refractivity (Wildman–Crippen MR) is 105 cm³/mol. The first kappa shape index (κ1) is 23.5. The van der Waals surface area contributed by atoms with E-state index in [-0.39, 0.29) is 26.0 Å². The van der Waals surface area contributed by atoms with Gasteiger partial charge < -0.3 is 14.2 Å². The number of imide groups is 1. The molecular weight excluding hydrogens is 362 g/mol. The molecule has 0 fully saturated rings. The van der Waals surface area contributed by atoms with Gasteiger partial charge in [0.05, 0.1) is 0 Å². The quantitative estimate of drug-likeness (QED) is 0.515. The molecular formula is C21H31NO6. The molecule has 0 saturated carbocycles. The van der Waals surface area contributed by atoms with Gasteiger partial charge in [-0.15, -0.1) is 0 Å². The van der Waals surface area contributed by atoms with Crippen LogP contribution in [0.1, 0.15) is 59.9 Å². The molecule has 1 aromatic rings. The van der Waals surface area contributed by atoms with Crippen LogP contribution < -0.4 is 0 Å². The van der Waals surface area contributed by atoms with Crippen molar-refractivity contribution in [2.45, 2.75) is 72.2 Å². The van der Waals surface area contributed by atoms with Crippen molar-refractivity contribution >= 4 is 18.2 Å². The highest BCUT2D eigenvalue weighted by Crippen LogP contribution is 2.15. The van der Waals surface area contributed by atoms with Crippen molar-refractivity contribution < 1.29 is 28.6 Å². The molecule has 1 aromatic carbocycles. The minimum absolute atomic E-state index is 0.00966. The van der Waals surface area contributed by atoms with Crippen molar-refractivity contribution in [3.8, 4) is 0 Å². The van der Waals surface area contributed by atoms with Gasteiger partial charge in [0, 0.05) is 13.0 Å². The minimum Gasteiger partial charge on any atom is -0.461 e. The van der Waals surface area contributed by atoms with Crippen molar-refractivity contribution in [1.29, 1.82) is 0 Å². The van der Waals surface area contributed by atoms with Crippen LogP contribution in [-0.4, -0.2) is 40.8 Å². The molecule has 0 unspecified atom stereocenters. The van der Waals surface area contributed by atoms with Crippen molar-refractivity contribution in [2.75, 3.05) is 6.54 Å². The first-order chi connectivity index (χ1) is 12.9. The summed E-state index contributed by atoms with van der Waals surface area (Å²) in [6.45, 7) is 10.4. The summed E-state index contributed by atoms with van der Waals surface area (Å²) >= 11 is 0. The lowest BCUT2D eigenvalue weighted by atomic mass is 10.2. The van der Waals surface area contributed by atoms with Gasteiger partial charge in [-0.05, 0) is 53.5 Å². The van der Waals surface area contributed by atoms with E-state index in [0.29, 0.717) is 0 Å². The summed E-state index contributed by atoms with van der Waals surface area (Å²) in [5, 5.41) is 0. The smallest absolute Gasteiger partial charge is 0.419 e. The number of hydrogen-bond donors (Lipinski definition) is 0. The fourth-order valence-electron chi connectivity index (χ4n) is 2.08. The third-order valence-corrected chi connectivity index (χ3v) is 3.23. The van der Waals surface area contributed by atoms with E-state index >= 15 is 0 Å². The molecule has 0 N–H and O–H groups in total. The van der Waals surface area contributed by atoms with Crippen LogP contribution in [0.2, 0.25) is 0 Å². The lowest BCUT2D eigenvalue weighted by Crippen LogP contribution is -2.44. The van der Waals surface area contributed by atoms with Crippen LogP contribution in [0.3, 0.4) is 0 Å². The second-order valence-electron chi connectivity index (χ2n) is 8.36. The molecule has 0 bridgehead atoms. The molecule has 0 spiro atoms. The highest BCUT2D eigenvalue weighted by Gasteiger charge is 2.30. The van der Waals surface area contributed by atoms with Gasteiger partial charge in [-0.2, -0.15) is 0 Å². The Kier molecular flexibility index (Phi) is 8.47. The Hall–Kier alpha value is -2.57. The molecule has 0 aliphatic rings. The zero-order chi connectivity index (χ0) is 21.4. The van der Waals surface area contributed by atoms with Crippen LogP contribution in [0.15, 0.2) is 30.3 Å². The van der Waals surface area contributed by atoms with Gasteiger partial charge in [-0.25, -0.2) is 14.5 Å². The molecule has 0 radical (unpaired) electrons. The average Bonchev–Trinajstić information content (AvgIpc) is 2.54. The summed E-state index contributed by atoms with van der Waals surface area (Å²) in [6, 6.07) is 9.33. The second-order valence-corrected chi connectivity index (χ2v) is 8.36. The number of ether oxygens (including phenoxy) is 3. The highest BCUT2D eigenvalue weighted by atomic mass is 16.6. The van der Waals surface area contributed by atoms with Gasteiger partial charge in [0.15, 0.2) is 0 Å². The topological polar surface area (TPSA) is 82.1 Å². The Balaban J connectivity index is 2.58. The van der Waals surface area contributed by atoms with Crippen LogP contribution in [-0.2, 0) is 25.6 Å². The van der Waals surface area contributed by atoms with E-state index in [1.54, 1.807) is 41.5 Å². The number of esters is 1. The molecule has 0 aliphatic heterocycles. The Morgan fingerprint density at radius 3 is 1.82 bits per heavy atom. The van der Waals surface area contributed by atoms with Crippen molar-refractivity contribution in [3.63, 3.8) is 0 Å². The molecule has 7 nitrogen and oxygen atoms in total. The molecule has 7 heteroatoms. The molecule has 28 heavy (non-hydrogen) atoms. The van der Waals surface area contributed by atoms with Gasteiger partial charge in [0.1, 0.15) is 17.8 Å². The molecule has 0 aromatic heterocycles. The first-order valence-corrected chi connectivity index (χ1v) is 9.30. The zero-order valence-electron chi connectivity index (χ0n) is 17.6. The Morgan fingerprint density at radius 1 is 0.857 bits per heavy atom. The lowest BCUT2D eigenvalue weighted by molar-refractivity contribution is -0.145. The number of nitrogens with zero attached hydrogens (tertiary/aromatic N) is 1. The maximum atomic E-state index is 12.4. The van der Waals surface area contributed by atoms with Gasteiger partial charge in [0.25, 0.3) is 0 Å². The monoisotopic (exact) mass is 393 g/mol. The third kappa shape index (κ3) is 9.94. The fourth-order valence-corrected chi connectivity index (χ4v) is 2.08. The van der Waals surface area contributed by atoms with Crippen LogP contribution in [0.25, 0.3) is 0 Å². The van der Waals surface area contributed by atoms with E-state index in [4.69, 9.17) is 14.2 Å². The summed E-state index contributed by atoms with van der Waals surface area (Å²) in [5.41, 5.74) is -0.627. The number of carbonyl (C=O) groups is 3. The maximum Gasteiger partial charge on any atom is 0.419 e. The summed E-state index contributed by atoms with van der Waals surface area (Å²) in [5.74, 6) is -0.405. The van der Waals surface area contributed by atoms with Crippen LogP contribution in [0, 0.1) is 0 Å². The van der Waals surface area contributed by atoms with E-state index in [0.717, 1.165) is 10.5 Å². The number of hydrogen-bond acceptors (Lipinski definition) is 6. The van der Waals surface area contributed by atoms with Crippen molar-refractivity contribution in [1.82, 2.24) is 4.90 Å². The van der Waals surface area contributed by atoms with E-state index in [1.165, 1.54) is 0 Å². The first-order valence-electron chi connectivity index (χ1n) is 9.30. The number of rotatable bonds is 6. The third-order valence-electron chi connectivity index (χ3n) is 3.23. The molecule has 156 valence electrons. The Bertz CT molecular complexity index is 630. The van der Waals surface area contributed by atoms with Crippen molar-refractivity contribution in [3.05, 3.63) is 35.9 Å². The Morgan fingerprint density at radius 2 is 1.36 bits per heavy atom. The summed E-state index contributed by atoms with van der Waals surface area (Å²) < 4.78 is 15.7. The molecule has 2 amide bonds. The van der Waals surface area contributed by atoms with Gasteiger partial charge in [0.2, 0.25) is 0 Å². The molecule has 0 heterocycles. The molecule has 0 atom stereocenters. The summed E-state index contributed by atoms with van der Waals surface area (Å²) in [7, 11) is 0. The summed E-state index contributed by atoms with van der Waals surface area (Å²) in [4.78, 5) is 37.5.